The number of hydrogen-bond donors (Lipinski definition) is 0. The molecule has 2 heteroatoms. The fraction of sp³-hybridized carbons (Fsp3) is 0.538. The van der Waals surface area contributed by atoms with Crippen molar-refractivity contribution in [3.05, 3.63) is 34.9 Å². The molecule has 2 rings (SSSR count). The summed E-state index contributed by atoms with van der Waals surface area (Å²) in [5.41, 5.74) is 4.21. The third-order valence-electron chi connectivity index (χ3n) is 3.19. The Morgan fingerprint density at radius 3 is 2.67 bits per heavy atom. The predicted octanol–water partition coefficient (Wildman–Crippen LogP) is 3.82. The molecule has 0 nitrogen and oxygen atoms in total. The van der Waals surface area contributed by atoms with Crippen LogP contribution >= 0.6 is 23.4 Å². The summed E-state index contributed by atoms with van der Waals surface area (Å²) in [6, 6.07) is 6.77. The van der Waals surface area contributed by atoms with Crippen LogP contribution in [-0.2, 0) is 6.42 Å². The van der Waals surface area contributed by atoms with E-state index in [0.717, 1.165) is 12.2 Å². The molecule has 15 heavy (non-hydrogen) atoms. The average molecular weight is 241 g/mol. The maximum atomic E-state index is 6.28. The van der Waals surface area contributed by atoms with Crippen LogP contribution in [0.25, 0.3) is 0 Å². The van der Waals surface area contributed by atoms with Crippen LogP contribution in [0.15, 0.2) is 18.2 Å². The van der Waals surface area contributed by atoms with Gasteiger partial charge in [0.1, 0.15) is 0 Å². The Hall–Kier alpha value is -0.140. The molecule has 82 valence electrons. The van der Waals surface area contributed by atoms with Gasteiger partial charge in [-0.05, 0) is 48.6 Å². The Labute approximate surface area is 101 Å². The maximum absolute atomic E-state index is 6.28. The van der Waals surface area contributed by atoms with E-state index in [4.69, 9.17) is 11.6 Å². The number of benzene rings is 1. The summed E-state index contributed by atoms with van der Waals surface area (Å²) < 4.78 is 0. The van der Waals surface area contributed by atoms with E-state index in [0.29, 0.717) is 11.3 Å². The molecule has 2 unspecified atom stereocenters. The highest BCUT2D eigenvalue weighted by atomic mass is 35.5. The first-order chi connectivity index (χ1) is 7.16. The van der Waals surface area contributed by atoms with E-state index in [9.17, 15) is 0 Å². The van der Waals surface area contributed by atoms with Crippen molar-refractivity contribution in [2.45, 2.75) is 25.6 Å². The van der Waals surface area contributed by atoms with Crippen molar-refractivity contribution in [2.75, 3.05) is 11.5 Å². The predicted molar refractivity (Wildman–Crippen MR) is 70.1 cm³/mol. The highest BCUT2D eigenvalue weighted by molar-refractivity contribution is 7.99. The SMILES string of the molecule is Cc1ccc(CC2CSCC2Cl)cc1C. The molecule has 1 fully saturated rings. The van der Waals surface area contributed by atoms with Gasteiger partial charge in [-0.15, -0.1) is 11.6 Å². The number of hydrogen-bond acceptors (Lipinski definition) is 1. The molecule has 1 heterocycles. The van der Waals surface area contributed by atoms with Gasteiger partial charge in [0.05, 0.1) is 0 Å². The monoisotopic (exact) mass is 240 g/mol. The lowest BCUT2D eigenvalue weighted by molar-refractivity contribution is 0.603. The number of thioether (sulfide) groups is 1. The minimum Gasteiger partial charge on any atom is -0.160 e. The second kappa shape index (κ2) is 4.80. The molecule has 1 saturated heterocycles. The van der Waals surface area contributed by atoms with Gasteiger partial charge in [0.25, 0.3) is 0 Å². The Morgan fingerprint density at radius 1 is 1.27 bits per heavy atom. The third kappa shape index (κ3) is 2.70. The van der Waals surface area contributed by atoms with Gasteiger partial charge in [-0.25, -0.2) is 0 Å². The summed E-state index contributed by atoms with van der Waals surface area (Å²) in [6.07, 6.45) is 1.14. The molecular formula is C13H17ClS. The summed E-state index contributed by atoms with van der Waals surface area (Å²) in [7, 11) is 0. The van der Waals surface area contributed by atoms with Crippen LogP contribution in [0.5, 0.6) is 0 Å². The molecule has 1 aromatic carbocycles. The first-order valence-electron chi connectivity index (χ1n) is 5.45. The molecule has 0 aromatic heterocycles. The van der Waals surface area contributed by atoms with Gasteiger partial charge in [-0.1, -0.05) is 18.2 Å². The van der Waals surface area contributed by atoms with E-state index >= 15 is 0 Å². The normalized spacial score (nSPS) is 25.8. The number of alkyl halides is 1. The number of aryl methyl sites for hydroxylation is 2. The lowest BCUT2D eigenvalue weighted by Gasteiger charge is -2.13. The molecule has 0 N–H and O–H groups in total. The maximum Gasteiger partial charge on any atom is 0.0465 e. The van der Waals surface area contributed by atoms with Gasteiger partial charge in [0, 0.05) is 11.1 Å². The molecule has 0 bridgehead atoms. The lowest BCUT2D eigenvalue weighted by atomic mass is 9.96. The highest BCUT2D eigenvalue weighted by Crippen LogP contribution is 2.31. The Morgan fingerprint density at radius 2 is 2.07 bits per heavy atom. The fourth-order valence-corrected chi connectivity index (χ4v) is 3.83. The Bertz CT molecular complexity index is 348. The summed E-state index contributed by atoms with van der Waals surface area (Å²) >= 11 is 8.26. The second-order valence-corrected chi connectivity index (χ2v) is 6.07. The largest absolute Gasteiger partial charge is 0.160 e. The smallest absolute Gasteiger partial charge is 0.0465 e. The minimum absolute atomic E-state index is 0.372. The van der Waals surface area contributed by atoms with Crippen LogP contribution < -0.4 is 0 Å². The topological polar surface area (TPSA) is 0 Å². The van der Waals surface area contributed by atoms with Gasteiger partial charge >= 0.3 is 0 Å². The van der Waals surface area contributed by atoms with Crippen molar-refractivity contribution in [3.63, 3.8) is 0 Å². The summed E-state index contributed by atoms with van der Waals surface area (Å²) in [4.78, 5) is 0. The first-order valence-corrected chi connectivity index (χ1v) is 7.04. The average Bonchev–Trinajstić information content (AvgIpc) is 2.59. The van der Waals surface area contributed by atoms with E-state index in [1.807, 2.05) is 11.8 Å². The molecule has 2 atom stereocenters. The molecule has 1 aliphatic heterocycles. The zero-order chi connectivity index (χ0) is 10.8. The Balaban J connectivity index is 2.07. The molecule has 0 saturated carbocycles. The van der Waals surface area contributed by atoms with Crippen molar-refractivity contribution in [3.8, 4) is 0 Å². The molecule has 0 spiro atoms. The van der Waals surface area contributed by atoms with Crippen LogP contribution in [-0.4, -0.2) is 16.9 Å². The number of rotatable bonds is 2. The van der Waals surface area contributed by atoms with Gasteiger partial charge in [0.15, 0.2) is 0 Å². The summed E-state index contributed by atoms with van der Waals surface area (Å²) in [5.74, 6) is 3.01. The van der Waals surface area contributed by atoms with Gasteiger partial charge in [-0.2, -0.15) is 11.8 Å². The molecule has 0 amide bonds. The third-order valence-corrected chi connectivity index (χ3v) is 5.14. The Kier molecular flexibility index (Phi) is 3.63. The van der Waals surface area contributed by atoms with Crippen molar-refractivity contribution in [1.29, 1.82) is 0 Å². The van der Waals surface area contributed by atoms with Crippen molar-refractivity contribution < 1.29 is 0 Å². The van der Waals surface area contributed by atoms with Crippen LogP contribution in [0, 0.1) is 19.8 Å². The fourth-order valence-electron chi connectivity index (χ4n) is 1.99. The van der Waals surface area contributed by atoms with Crippen LogP contribution in [0.3, 0.4) is 0 Å². The zero-order valence-electron chi connectivity index (χ0n) is 9.29. The van der Waals surface area contributed by atoms with E-state index < -0.39 is 0 Å². The molecule has 1 aromatic rings. The van der Waals surface area contributed by atoms with Crippen molar-refractivity contribution in [2.24, 2.45) is 5.92 Å². The van der Waals surface area contributed by atoms with Gasteiger partial charge in [-0.3, -0.25) is 0 Å². The quantitative estimate of drug-likeness (QED) is 0.709. The van der Waals surface area contributed by atoms with E-state index in [-0.39, 0.29) is 0 Å². The molecule has 0 radical (unpaired) electrons. The molecule has 0 aliphatic carbocycles. The number of halogens is 1. The van der Waals surface area contributed by atoms with Crippen LogP contribution in [0.2, 0.25) is 0 Å². The van der Waals surface area contributed by atoms with Gasteiger partial charge < -0.3 is 0 Å². The molecular weight excluding hydrogens is 224 g/mol. The summed E-state index contributed by atoms with van der Waals surface area (Å²) in [5, 5.41) is 0.372. The van der Waals surface area contributed by atoms with E-state index in [1.54, 1.807) is 0 Å². The van der Waals surface area contributed by atoms with Crippen molar-refractivity contribution >= 4 is 23.4 Å². The van der Waals surface area contributed by atoms with Crippen molar-refractivity contribution in [1.82, 2.24) is 0 Å². The van der Waals surface area contributed by atoms with E-state index in [1.165, 1.54) is 22.4 Å². The summed E-state index contributed by atoms with van der Waals surface area (Å²) in [6.45, 7) is 4.34. The molecule has 1 aliphatic rings. The first kappa shape index (κ1) is 11.3. The minimum atomic E-state index is 0.372. The standard InChI is InChI=1S/C13H17ClS/c1-9-3-4-11(5-10(9)2)6-12-7-15-8-13(12)14/h3-5,12-13H,6-8H2,1-2H3. The van der Waals surface area contributed by atoms with Crippen LogP contribution in [0.1, 0.15) is 16.7 Å². The zero-order valence-corrected chi connectivity index (χ0v) is 10.9. The van der Waals surface area contributed by atoms with Crippen LogP contribution in [0.4, 0.5) is 0 Å². The highest BCUT2D eigenvalue weighted by Gasteiger charge is 2.25. The second-order valence-electron chi connectivity index (χ2n) is 4.44. The lowest BCUT2D eigenvalue weighted by Crippen LogP contribution is -2.14. The van der Waals surface area contributed by atoms with E-state index in [2.05, 4.69) is 32.0 Å². The van der Waals surface area contributed by atoms with Gasteiger partial charge in [0.2, 0.25) is 0 Å².